The number of nitrogens with one attached hydrogen (secondary N) is 1. The predicted molar refractivity (Wildman–Crippen MR) is 53.3 cm³/mol. The quantitative estimate of drug-likeness (QED) is 0.792. The van der Waals surface area contributed by atoms with E-state index in [0.29, 0.717) is 13.2 Å². The van der Waals surface area contributed by atoms with Gasteiger partial charge in [0.05, 0.1) is 5.56 Å². The average Bonchev–Trinajstić information content (AvgIpc) is 2.24. The van der Waals surface area contributed by atoms with Crippen LogP contribution in [0.4, 0.5) is 13.2 Å². The van der Waals surface area contributed by atoms with Crippen molar-refractivity contribution in [3.63, 3.8) is 0 Å². The third-order valence-electron chi connectivity index (χ3n) is 1.84. The number of hydrogen-bond acceptors (Lipinski definition) is 3. The molecule has 0 spiro atoms. The summed E-state index contributed by atoms with van der Waals surface area (Å²) in [7, 11) is 0. The highest BCUT2D eigenvalue weighted by Gasteiger charge is 2.30. The Balaban J connectivity index is 2.46. The maximum atomic E-state index is 12.2. The van der Waals surface area contributed by atoms with Crippen LogP contribution in [-0.2, 0) is 6.18 Å². The molecule has 1 aromatic heterocycles. The van der Waals surface area contributed by atoms with E-state index < -0.39 is 11.7 Å². The zero-order valence-electron chi connectivity index (χ0n) is 8.84. The molecule has 0 amide bonds. The van der Waals surface area contributed by atoms with Crippen molar-refractivity contribution in [3.8, 4) is 5.88 Å². The first-order chi connectivity index (χ1) is 7.54. The van der Waals surface area contributed by atoms with Crippen LogP contribution in [0.5, 0.6) is 5.88 Å². The second-order valence-corrected chi connectivity index (χ2v) is 3.08. The normalized spacial score (nSPS) is 11.5. The second kappa shape index (κ2) is 5.69. The summed E-state index contributed by atoms with van der Waals surface area (Å²) in [6, 6.07) is 2.17. The summed E-state index contributed by atoms with van der Waals surface area (Å²) >= 11 is 0. The number of likely N-dealkylation sites (N-methyl/N-ethyl adjacent to an activating group) is 1. The van der Waals surface area contributed by atoms with Gasteiger partial charge in [0.15, 0.2) is 0 Å². The molecule has 0 saturated heterocycles. The van der Waals surface area contributed by atoms with Gasteiger partial charge in [0.1, 0.15) is 6.61 Å². The van der Waals surface area contributed by atoms with E-state index in [0.717, 1.165) is 18.8 Å². The fraction of sp³-hybridized carbons (Fsp3) is 0.500. The van der Waals surface area contributed by atoms with E-state index in [4.69, 9.17) is 4.74 Å². The monoisotopic (exact) mass is 234 g/mol. The summed E-state index contributed by atoms with van der Waals surface area (Å²) in [4.78, 5) is 3.57. The molecule has 0 aliphatic heterocycles. The molecule has 90 valence electrons. The van der Waals surface area contributed by atoms with Gasteiger partial charge >= 0.3 is 6.18 Å². The molecule has 3 nitrogen and oxygen atoms in total. The molecule has 0 aromatic carbocycles. The minimum atomic E-state index is -4.35. The largest absolute Gasteiger partial charge is 0.476 e. The smallest absolute Gasteiger partial charge is 0.417 e. The van der Waals surface area contributed by atoms with Gasteiger partial charge in [0.25, 0.3) is 0 Å². The van der Waals surface area contributed by atoms with E-state index in [9.17, 15) is 13.2 Å². The van der Waals surface area contributed by atoms with E-state index in [1.165, 1.54) is 6.07 Å². The Bertz CT molecular complexity index is 311. The minimum absolute atomic E-state index is 0.200. The number of aromatic nitrogens is 1. The van der Waals surface area contributed by atoms with Crippen LogP contribution in [0.15, 0.2) is 18.3 Å². The number of nitrogens with zero attached hydrogens (tertiary/aromatic N) is 1. The molecular weight excluding hydrogens is 221 g/mol. The van der Waals surface area contributed by atoms with Crippen molar-refractivity contribution in [2.45, 2.75) is 13.1 Å². The lowest BCUT2D eigenvalue weighted by Crippen LogP contribution is -2.20. The third-order valence-corrected chi connectivity index (χ3v) is 1.84. The average molecular weight is 234 g/mol. The van der Waals surface area contributed by atoms with Crippen LogP contribution in [-0.4, -0.2) is 24.7 Å². The first-order valence-corrected chi connectivity index (χ1v) is 4.91. The molecule has 0 saturated carbocycles. The zero-order valence-corrected chi connectivity index (χ0v) is 8.84. The SMILES string of the molecule is CCNCCOc1ccc(C(F)(F)F)cn1. The topological polar surface area (TPSA) is 34.1 Å². The van der Waals surface area contributed by atoms with Crippen LogP contribution in [0.2, 0.25) is 0 Å². The molecule has 1 aromatic rings. The molecule has 16 heavy (non-hydrogen) atoms. The molecule has 0 atom stereocenters. The van der Waals surface area contributed by atoms with Crippen molar-refractivity contribution in [1.29, 1.82) is 0 Å². The summed E-state index contributed by atoms with van der Waals surface area (Å²) in [6.07, 6.45) is -3.59. The summed E-state index contributed by atoms with van der Waals surface area (Å²) in [5.41, 5.74) is -0.772. The third kappa shape index (κ3) is 4.06. The summed E-state index contributed by atoms with van der Waals surface area (Å²) in [5.74, 6) is 0.200. The van der Waals surface area contributed by atoms with Crippen molar-refractivity contribution in [2.75, 3.05) is 19.7 Å². The van der Waals surface area contributed by atoms with Gasteiger partial charge in [-0.05, 0) is 12.6 Å². The molecule has 1 N–H and O–H groups in total. The Kier molecular flexibility index (Phi) is 4.54. The number of alkyl halides is 3. The highest BCUT2D eigenvalue weighted by Crippen LogP contribution is 2.29. The van der Waals surface area contributed by atoms with Crippen molar-refractivity contribution in [2.24, 2.45) is 0 Å². The van der Waals surface area contributed by atoms with Crippen LogP contribution >= 0.6 is 0 Å². The van der Waals surface area contributed by atoms with Gasteiger partial charge in [-0.1, -0.05) is 6.92 Å². The Morgan fingerprint density at radius 1 is 1.38 bits per heavy atom. The van der Waals surface area contributed by atoms with E-state index in [2.05, 4.69) is 10.3 Å². The molecule has 6 heteroatoms. The van der Waals surface area contributed by atoms with Crippen LogP contribution < -0.4 is 10.1 Å². The van der Waals surface area contributed by atoms with Crippen LogP contribution in [0.25, 0.3) is 0 Å². The first kappa shape index (κ1) is 12.8. The van der Waals surface area contributed by atoms with Gasteiger partial charge in [0.2, 0.25) is 5.88 Å². The molecule has 0 bridgehead atoms. The molecular formula is C10H13F3N2O. The fourth-order valence-electron chi connectivity index (χ4n) is 1.04. The highest BCUT2D eigenvalue weighted by molar-refractivity contribution is 5.20. The van der Waals surface area contributed by atoms with Crippen molar-refractivity contribution < 1.29 is 17.9 Å². The number of halogens is 3. The number of pyridine rings is 1. The predicted octanol–water partition coefficient (Wildman–Crippen LogP) is 2.09. The molecule has 0 aliphatic rings. The maximum Gasteiger partial charge on any atom is 0.417 e. The highest BCUT2D eigenvalue weighted by atomic mass is 19.4. The summed E-state index contributed by atoms with van der Waals surface area (Å²) in [5, 5.41) is 3.02. The van der Waals surface area contributed by atoms with Gasteiger partial charge in [-0.15, -0.1) is 0 Å². The molecule has 0 unspecified atom stereocenters. The van der Waals surface area contributed by atoms with Crippen molar-refractivity contribution in [3.05, 3.63) is 23.9 Å². The Morgan fingerprint density at radius 3 is 2.62 bits per heavy atom. The first-order valence-electron chi connectivity index (χ1n) is 4.91. The van der Waals surface area contributed by atoms with Gasteiger partial charge in [-0.3, -0.25) is 0 Å². The fourth-order valence-corrected chi connectivity index (χ4v) is 1.04. The van der Waals surface area contributed by atoms with Gasteiger partial charge in [0, 0.05) is 18.8 Å². The van der Waals surface area contributed by atoms with Crippen LogP contribution in [0.3, 0.4) is 0 Å². The minimum Gasteiger partial charge on any atom is -0.476 e. The second-order valence-electron chi connectivity index (χ2n) is 3.08. The number of ether oxygens (including phenoxy) is 1. The zero-order chi connectivity index (χ0) is 12.0. The van der Waals surface area contributed by atoms with Crippen LogP contribution in [0.1, 0.15) is 12.5 Å². The molecule has 0 aliphatic carbocycles. The molecule has 1 heterocycles. The lowest BCUT2D eigenvalue weighted by Gasteiger charge is -2.08. The lowest BCUT2D eigenvalue weighted by molar-refractivity contribution is -0.137. The van der Waals surface area contributed by atoms with Gasteiger partial charge < -0.3 is 10.1 Å². The lowest BCUT2D eigenvalue weighted by atomic mass is 10.3. The van der Waals surface area contributed by atoms with E-state index in [1.807, 2.05) is 6.92 Å². The maximum absolute atomic E-state index is 12.2. The van der Waals surface area contributed by atoms with Gasteiger partial charge in [-0.25, -0.2) is 4.98 Å². The van der Waals surface area contributed by atoms with Crippen LogP contribution in [0, 0.1) is 0 Å². The van der Waals surface area contributed by atoms with E-state index in [-0.39, 0.29) is 5.88 Å². The van der Waals surface area contributed by atoms with E-state index in [1.54, 1.807) is 0 Å². The Hall–Kier alpha value is -1.30. The summed E-state index contributed by atoms with van der Waals surface area (Å²) in [6.45, 7) is 3.80. The molecule has 0 radical (unpaired) electrons. The summed E-state index contributed by atoms with van der Waals surface area (Å²) < 4.78 is 41.7. The Morgan fingerprint density at radius 2 is 2.12 bits per heavy atom. The Labute approximate surface area is 91.6 Å². The van der Waals surface area contributed by atoms with Crippen molar-refractivity contribution >= 4 is 0 Å². The van der Waals surface area contributed by atoms with Crippen molar-refractivity contribution in [1.82, 2.24) is 10.3 Å². The number of rotatable bonds is 5. The molecule has 1 rings (SSSR count). The van der Waals surface area contributed by atoms with E-state index >= 15 is 0 Å². The van der Waals surface area contributed by atoms with Gasteiger partial charge in [-0.2, -0.15) is 13.2 Å². The number of hydrogen-bond donors (Lipinski definition) is 1. The standard InChI is InChI=1S/C10H13F3N2O/c1-2-14-5-6-16-9-4-3-8(7-15-9)10(11,12)13/h3-4,7,14H,2,5-6H2,1H3. The molecule has 0 fully saturated rings.